The maximum absolute atomic E-state index is 12.9. The zero-order valence-electron chi connectivity index (χ0n) is 15.1. The number of ether oxygens (including phenoxy) is 1. The van der Waals surface area contributed by atoms with Crippen molar-refractivity contribution in [2.24, 2.45) is 0 Å². The average molecular weight is 350 g/mol. The zero-order valence-corrected chi connectivity index (χ0v) is 15.1. The van der Waals surface area contributed by atoms with Gasteiger partial charge in [-0.25, -0.2) is 18.1 Å². The Labute approximate surface area is 146 Å². The smallest absolute Gasteiger partial charge is 0.419 e. The van der Waals surface area contributed by atoms with E-state index in [0.29, 0.717) is 13.0 Å². The molecule has 0 fully saturated rings. The summed E-state index contributed by atoms with van der Waals surface area (Å²) in [6.45, 7) is 7.41. The number of halogens is 2. The standard InChI is InChI=1S/C19H24F2N2O2/c1-12-9-14-13-7-5-6-8-15(13)23(18(24)25-19(2,3)4)16(14)10-22(12)11-17(20)21/h5-8,12,17H,9-11H2,1-4H3. The van der Waals surface area contributed by atoms with Crippen LogP contribution in [0.2, 0.25) is 0 Å². The number of nitrogens with zero attached hydrogens (tertiary/aromatic N) is 2. The lowest BCUT2D eigenvalue weighted by molar-refractivity contribution is 0.0489. The van der Waals surface area contributed by atoms with E-state index in [9.17, 15) is 13.6 Å². The van der Waals surface area contributed by atoms with Gasteiger partial charge in [0, 0.05) is 23.7 Å². The summed E-state index contributed by atoms with van der Waals surface area (Å²) in [6, 6.07) is 7.65. The highest BCUT2D eigenvalue weighted by Crippen LogP contribution is 2.33. The van der Waals surface area contributed by atoms with Crippen molar-refractivity contribution < 1.29 is 18.3 Å². The minimum Gasteiger partial charge on any atom is -0.443 e. The van der Waals surface area contributed by atoms with Crippen LogP contribution in [-0.2, 0) is 17.7 Å². The van der Waals surface area contributed by atoms with E-state index in [-0.39, 0.29) is 12.6 Å². The van der Waals surface area contributed by atoms with Gasteiger partial charge in [0.1, 0.15) is 5.60 Å². The Hall–Kier alpha value is -1.95. The molecule has 0 saturated heterocycles. The first-order chi connectivity index (χ1) is 11.7. The van der Waals surface area contributed by atoms with E-state index in [4.69, 9.17) is 4.74 Å². The molecular weight excluding hydrogens is 326 g/mol. The summed E-state index contributed by atoms with van der Waals surface area (Å²) in [7, 11) is 0. The molecule has 1 atom stereocenters. The van der Waals surface area contributed by atoms with E-state index >= 15 is 0 Å². The van der Waals surface area contributed by atoms with Crippen LogP contribution in [-0.4, -0.2) is 40.2 Å². The first-order valence-electron chi connectivity index (χ1n) is 8.54. The van der Waals surface area contributed by atoms with Crippen molar-refractivity contribution in [3.63, 3.8) is 0 Å². The van der Waals surface area contributed by atoms with E-state index in [1.165, 1.54) is 0 Å². The third-order valence-corrected chi connectivity index (χ3v) is 4.51. The predicted octanol–water partition coefficient (Wildman–Crippen LogP) is 4.44. The van der Waals surface area contributed by atoms with Crippen molar-refractivity contribution in [3.05, 3.63) is 35.5 Å². The SMILES string of the molecule is CC1Cc2c(n(C(=O)OC(C)(C)C)c3ccccc23)CN1CC(F)F. The average Bonchev–Trinajstić information content (AvgIpc) is 2.79. The quantitative estimate of drug-likeness (QED) is 0.803. The largest absolute Gasteiger partial charge is 0.443 e. The molecular formula is C19H24F2N2O2. The Kier molecular flexibility index (Phi) is 4.58. The Morgan fingerprint density at radius 3 is 2.64 bits per heavy atom. The molecule has 0 saturated carbocycles. The van der Waals surface area contributed by atoms with Crippen LogP contribution in [0.5, 0.6) is 0 Å². The fourth-order valence-electron chi connectivity index (χ4n) is 3.46. The molecule has 0 radical (unpaired) electrons. The van der Waals surface area contributed by atoms with Gasteiger partial charge < -0.3 is 4.74 Å². The van der Waals surface area contributed by atoms with Gasteiger partial charge in [-0.3, -0.25) is 4.90 Å². The third kappa shape index (κ3) is 3.54. The van der Waals surface area contributed by atoms with Crippen molar-refractivity contribution in [2.75, 3.05) is 6.54 Å². The van der Waals surface area contributed by atoms with Crippen LogP contribution >= 0.6 is 0 Å². The van der Waals surface area contributed by atoms with Gasteiger partial charge in [0.25, 0.3) is 6.43 Å². The highest BCUT2D eigenvalue weighted by Gasteiger charge is 2.32. The van der Waals surface area contributed by atoms with E-state index in [1.807, 2.05) is 52.0 Å². The second-order valence-electron chi connectivity index (χ2n) is 7.63. The van der Waals surface area contributed by atoms with Crippen molar-refractivity contribution in [3.8, 4) is 0 Å². The number of rotatable bonds is 2. The lowest BCUT2D eigenvalue weighted by Crippen LogP contribution is -2.42. The van der Waals surface area contributed by atoms with Crippen molar-refractivity contribution in [1.29, 1.82) is 0 Å². The number of carbonyl (C=O) groups excluding carboxylic acids is 1. The van der Waals surface area contributed by atoms with Gasteiger partial charge in [-0.15, -0.1) is 0 Å². The van der Waals surface area contributed by atoms with Crippen LogP contribution in [0.4, 0.5) is 13.6 Å². The first-order valence-corrected chi connectivity index (χ1v) is 8.54. The molecule has 0 N–H and O–H groups in total. The summed E-state index contributed by atoms with van der Waals surface area (Å²) in [5.74, 6) is 0. The van der Waals surface area contributed by atoms with E-state index in [1.54, 1.807) is 9.47 Å². The number of hydrogen-bond acceptors (Lipinski definition) is 3. The molecule has 6 heteroatoms. The summed E-state index contributed by atoms with van der Waals surface area (Å²) in [5, 5.41) is 0.993. The van der Waals surface area contributed by atoms with Gasteiger partial charge in [0.2, 0.25) is 0 Å². The second kappa shape index (κ2) is 6.41. The first kappa shape index (κ1) is 17.9. The van der Waals surface area contributed by atoms with E-state index < -0.39 is 18.1 Å². The number of fused-ring (bicyclic) bond motifs is 3. The molecule has 136 valence electrons. The Bertz CT molecular complexity index is 793. The van der Waals surface area contributed by atoms with Crippen LogP contribution < -0.4 is 0 Å². The van der Waals surface area contributed by atoms with E-state index in [2.05, 4.69) is 0 Å². The fraction of sp³-hybridized carbons (Fsp3) is 0.526. The maximum atomic E-state index is 12.9. The number of alkyl halides is 2. The monoisotopic (exact) mass is 350 g/mol. The van der Waals surface area contributed by atoms with Crippen molar-refractivity contribution >= 4 is 17.0 Å². The molecule has 0 bridgehead atoms. The molecule has 1 aliphatic rings. The van der Waals surface area contributed by atoms with Crippen LogP contribution in [0.1, 0.15) is 39.0 Å². The molecule has 0 amide bonds. The molecule has 1 aliphatic heterocycles. The highest BCUT2D eigenvalue weighted by molar-refractivity contribution is 5.94. The summed E-state index contributed by atoms with van der Waals surface area (Å²) >= 11 is 0. The number of aromatic nitrogens is 1. The van der Waals surface area contributed by atoms with Crippen LogP contribution in [0.25, 0.3) is 10.9 Å². The van der Waals surface area contributed by atoms with Gasteiger partial charge in [-0.1, -0.05) is 18.2 Å². The minimum absolute atomic E-state index is 0.000562. The molecule has 0 spiro atoms. The molecule has 1 unspecified atom stereocenters. The minimum atomic E-state index is -2.40. The Balaban J connectivity index is 2.10. The van der Waals surface area contributed by atoms with Crippen molar-refractivity contribution in [1.82, 2.24) is 9.47 Å². The second-order valence-corrected chi connectivity index (χ2v) is 7.63. The van der Waals surface area contributed by atoms with Gasteiger partial charge in [0.15, 0.2) is 0 Å². The normalized spacial score (nSPS) is 18.6. The molecule has 1 aromatic heterocycles. The summed E-state index contributed by atoms with van der Waals surface area (Å²) < 4.78 is 32.9. The summed E-state index contributed by atoms with van der Waals surface area (Å²) in [4.78, 5) is 14.5. The molecule has 4 nitrogen and oxygen atoms in total. The molecule has 2 heterocycles. The molecule has 0 aliphatic carbocycles. The number of para-hydroxylation sites is 1. The Morgan fingerprint density at radius 1 is 1.32 bits per heavy atom. The lowest BCUT2D eigenvalue weighted by atomic mass is 9.98. The Morgan fingerprint density at radius 2 is 2.00 bits per heavy atom. The van der Waals surface area contributed by atoms with Gasteiger partial charge in [-0.05, 0) is 45.7 Å². The predicted molar refractivity (Wildman–Crippen MR) is 93.2 cm³/mol. The fourth-order valence-corrected chi connectivity index (χ4v) is 3.46. The van der Waals surface area contributed by atoms with Crippen LogP contribution in [0.15, 0.2) is 24.3 Å². The highest BCUT2D eigenvalue weighted by atomic mass is 19.3. The maximum Gasteiger partial charge on any atom is 0.419 e. The van der Waals surface area contributed by atoms with Gasteiger partial charge >= 0.3 is 6.09 Å². The number of hydrogen-bond donors (Lipinski definition) is 0. The molecule has 25 heavy (non-hydrogen) atoms. The molecule has 2 aromatic rings. The molecule has 3 rings (SSSR count). The third-order valence-electron chi connectivity index (χ3n) is 4.51. The van der Waals surface area contributed by atoms with E-state index in [0.717, 1.165) is 22.2 Å². The van der Waals surface area contributed by atoms with Crippen LogP contribution in [0, 0.1) is 0 Å². The van der Waals surface area contributed by atoms with Crippen molar-refractivity contribution in [2.45, 2.75) is 58.7 Å². The number of carbonyl (C=O) groups is 1. The van der Waals surface area contributed by atoms with Crippen LogP contribution in [0.3, 0.4) is 0 Å². The topological polar surface area (TPSA) is 34.5 Å². The summed E-state index contributed by atoms with van der Waals surface area (Å²) in [6.07, 6.45) is -2.22. The van der Waals surface area contributed by atoms with Gasteiger partial charge in [0.05, 0.1) is 12.1 Å². The van der Waals surface area contributed by atoms with Gasteiger partial charge in [-0.2, -0.15) is 0 Å². The zero-order chi connectivity index (χ0) is 18.4. The summed E-state index contributed by atoms with van der Waals surface area (Å²) in [5.41, 5.74) is 1.96. The molecule has 1 aromatic carbocycles. The lowest BCUT2D eigenvalue weighted by Gasteiger charge is -2.34. The number of benzene rings is 1.